The van der Waals surface area contributed by atoms with Crippen molar-refractivity contribution in [3.8, 4) is 5.75 Å². The van der Waals surface area contributed by atoms with Crippen LogP contribution in [0.3, 0.4) is 0 Å². The zero-order valence-electron chi connectivity index (χ0n) is 16.2. The molecule has 0 saturated carbocycles. The van der Waals surface area contributed by atoms with Crippen molar-refractivity contribution in [2.45, 2.75) is 11.8 Å². The van der Waals surface area contributed by atoms with Crippen LogP contribution in [0, 0.1) is 0 Å². The smallest absolute Gasteiger partial charge is 0.239 e. The number of carbonyl (C=O) groups is 1. The summed E-state index contributed by atoms with van der Waals surface area (Å²) in [6, 6.07) is 30.5. The van der Waals surface area contributed by atoms with Crippen LogP contribution in [0.4, 0.5) is 5.69 Å². The summed E-state index contributed by atoms with van der Waals surface area (Å²) in [5, 5.41) is 5.47. The van der Waals surface area contributed by atoms with Crippen LogP contribution in [-0.2, 0) is 16.6 Å². The van der Waals surface area contributed by atoms with Crippen molar-refractivity contribution in [3.05, 3.63) is 108 Å². The number of amides is 1. The number of hydrogen-bond acceptors (Lipinski definition) is 2. The molecule has 1 heterocycles. The van der Waals surface area contributed by atoms with Crippen LogP contribution in [0.25, 0.3) is 10.8 Å². The number of rotatable bonds is 4. The van der Waals surface area contributed by atoms with Gasteiger partial charge in [-0.05, 0) is 52.1 Å². The fourth-order valence-electron chi connectivity index (χ4n) is 4.48. The molecule has 4 aromatic carbocycles. The van der Waals surface area contributed by atoms with Crippen LogP contribution >= 0.6 is 0 Å². The highest BCUT2D eigenvalue weighted by Gasteiger charge is 2.48. The zero-order valence-corrected chi connectivity index (χ0v) is 16.2. The Morgan fingerprint density at radius 1 is 0.862 bits per heavy atom. The molecule has 3 heteroatoms. The molecule has 142 valence electrons. The SMILES string of the molecule is COc1ccc2c(c1)[C@](Cc1cccc3ccccc13)(c1ccccc1)C(=O)N2. The Hall–Kier alpha value is -3.59. The molecule has 1 aliphatic heterocycles. The Morgan fingerprint density at radius 2 is 1.62 bits per heavy atom. The lowest BCUT2D eigenvalue weighted by atomic mass is 9.70. The van der Waals surface area contributed by atoms with Crippen molar-refractivity contribution in [2.24, 2.45) is 0 Å². The Labute approximate surface area is 170 Å². The van der Waals surface area contributed by atoms with E-state index in [0.29, 0.717) is 6.42 Å². The first-order chi connectivity index (χ1) is 14.2. The van der Waals surface area contributed by atoms with Crippen molar-refractivity contribution in [1.82, 2.24) is 0 Å². The number of ether oxygens (including phenoxy) is 1. The van der Waals surface area contributed by atoms with Gasteiger partial charge in [0.1, 0.15) is 11.2 Å². The molecule has 0 fully saturated rings. The highest BCUT2D eigenvalue weighted by molar-refractivity contribution is 6.09. The third kappa shape index (κ3) is 2.70. The van der Waals surface area contributed by atoms with Crippen LogP contribution in [0.5, 0.6) is 5.75 Å². The molecular weight excluding hydrogens is 358 g/mol. The number of benzene rings is 4. The molecule has 1 aliphatic rings. The predicted molar refractivity (Wildman–Crippen MR) is 116 cm³/mol. The van der Waals surface area contributed by atoms with Gasteiger partial charge in [-0.3, -0.25) is 4.79 Å². The van der Waals surface area contributed by atoms with E-state index in [2.05, 4.69) is 35.6 Å². The van der Waals surface area contributed by atoms with Crippen molar-refractivity contribution in [1.29, 1.82) is 0 Å². The maximum absolute atomic E-state index is 13.5. The maximum atomic E-state index is 13.5. The molecule has 0 unspecified atom stereocenters. The van der Waals surface area contributed by atoms with Crippen molar-refractivity contribution in [3.63, 3.8) is 0 Å². The molecule has 1 amide bonds. The lowest BCUT2D eigenvalue weighted by molar-refractivity contribution is -0.119. The van der Waals surface area contributed by atoms with Crippen LogP contribution in [0.2, 0.25) is 0 Å². The van der Waals surface area contributed by atoms with Crippen LogP contribution in [0.1, 0.15) is 16.7 Å². The summed E-state index contributed by atoms with van der Waals surface area (Å²) in [4.78, 5) is 13.5. The van der Waals surface area contributed by atoms with E-state index in [9.17, 15) is 4.79 Å². The van der Waals surface area contributed by atoms with E-state index in [1.54, 1.807) is 7.11 Å². The van der Waals surface area contributed by atoms with E-state index in [0.717, 1.165) is 28.1 Å². The van der Waals surface area contributed by atoms with Gasteiger partial charge in [-0.1, -0.05) is 72.8 Å². The number of nitrogens with one attached hydrogen (secondary N) is 1. The number of methoxy groups -OCH3 is 1. The van der Waals surface area contributed by atoms with Crippen molar-refractivity contribution >= 4 is 22.4 Å². The molecule has 0 aliphatic carbocycles. The van der Waals surface area contributed by atoms with Gasteiger partial charge >= 0.3 is 0 Å². The molecular formula is C26H21NO2. The van der Waals surface area contributed by atoms with E-state index in [-0.39, 0.29) is 5.91 Å². The molecule has 29 heavy (non-hydrogen) atoms. The second-order valence-corrected chi connectivity index (χ2v) is 7.45. The Morgan fingerprint density at radius 3 is 2.45 bits per heavy atom. The van der Waals surface area contributed by atoms with E-state index in [1.807, 2.05) is 60.7 Å². The van der Waals surface area contributed by atoms with E-state index >= 15 is 0 Å². The minimum atomic E-state index is -0.810. The van der Waals surface area contributed by atoms with Gasteiger partial charge in [-0.15, -0.1) is 0 Å². The first kappa shape index (κ1) is 17.5. The van der Waals surface area contributed by atoms with Gasteiger partial charge in [0.15, 0.2) is 0 Å². The van der Waals surface area contributed by atoms with Crippen LogP contribution in [0.15, 0.2) is 91.0 Å². The van der Waals surface area contributed by atoms with E-state index < -0.39 is 5.41 Å². The number of hydrogen-bond donors (Lipinski definition) is 1. The molecule has 1 N–H and O–H groups in total. The minimum absolute atomic E-state index is 0.000104. The molecule has 0 radical (unpaired) electrons. The molecule has 4 aromatic rings. The lowest BCUT2D eigenvalue weighted by Crippen LogP contribution is -2.38. The maximum Gasteiger partial charge on any atom is 0.239 e. The first-order valence-corrected chi connectivity index (χ1v) is 9.74. The Bertz CT molecular complexity index is 1210. The van der Waals surface area contributed by atoms with Crippen LogP contribution < -0.4 is 10.1 Å². The van der Waals surface area contributed by atoms with E-state index in [1.165, 1.54) is 10.8 Å². The van der Waals surface area contributed by atoms with E-state index in [4.69, 9.17) is 4.74 Å². The molecule has 0 saturated heterocycles. The summed E-state index contributed by atoms with van der Waals surface area (Å²) in [6.45, 7) is 0. The summed E-state index contributed by atoms with van der Waals surface area (Å²) in [5.41, 5.74) is 3.13. The van der Waals surface area contributed by atoms with Gasteiger partial charge in [0.2, 0.25) is 5.91 Å². The summed E-state index contributed by atoms with van der Waals surface area (Å²) >= 11 is 0. The third-order valence-electron chi connectivity index (χ3n) is 5.92. The van der Waals surface area contributed by atoms with Crippen molar-refractivity contribution < 1.29 is 9.53 Å². The Kier molecular flexibility index (Phi) is 4.09. The van der Waals surface area contributed by atoms with Gasteiger partial charge in [-0.2, -0.15) is 0 Å². The normalized spacial score (nSPS) is 17.8. The minimum Gasteiger partial charge on any atom is -0.497 e. The third-order valence-corrected chi connectivity index (χ3v) is 5.92. The Balaban J connectivity index is 1.77. The van der Waals surface area contributed by atoms with Crippen molar-refractivity contribution in [2.75, 3.05) is 12.4 Å². The molecule has 1 atom stereocenters. The average molecular weight is 379 g/mol. The van der Waals surface area contributed by atoms with Gasteiger partial charge < -0.3 is 10.1 Å². The molecule has 0 bridgehead atoms. The number of anilines is 1. The molecule has 0 aromatic heterocycles. The summed E-state index contributed by atoms with van der Waals surface area (Å²) < 4.78 is 5.49. The lowest BCUT2D eigenvalue weighted by Gasteiger charge is -2.29. The largest absolute Gasteiger partial charge is 0.497 e. The number of carbonyl (C=O) groups excluding carboxylic acids is 1. The first-order valence-electron chi connectivity index (χ1n) is 9.74. The topological polar surface area (TPSA) is 38.3 Å². The van der Waals surface area contributed by atoms with Gasteiger partial charge in [0, 0.05) is 5.69 Å². The summed E-state index contributed by atoms with van der Waals surface area (Å²) in [5.74, 6) is 0.748. The average Bonchev–Trinajstić information content (AvgIpc) is 3.06. The fourth-order valence-corrected chi connectivity index (χ4v) is 4.48. The highest BCUT2D eigenvalue weighted by Crippen LogP contribution is 2.47. The fraction of sp³-hybridized carbons (Fsp3) is 0.115. The zero-order chi connectivity index (χ0) is 19.8. The second-order valence-electron chi connectivity index (χ2n) is 7.45. The second kappa shape index (κ2) is 6.78. The molecule has 5 rings (SSSR count). The standard InChI is InChI=1S/C26H21NO2/c1-29-21-14-15-24-23(16-21)26(25(28)27-24,20-11-3-2-4-12-20)17-19-10-7-9-18-8-5-6-13-22(18)19/h2-16H,17H2,1H3,(H,27,28)/t26-/m0/s1. The van der Waals surface area contributed by atoms with Gasteiger partial charge in [-0.25, -0.2) is 0 Å². The molecule has 0 spiro atoms. The van der Waals surface area contributed by atoms with Gasteiger partial charge in [0.25, 0.3) is 0 Å². The number of fused-ring (bicyclic) bond motifs is 2. The monoisotopic (exact) mass is 379 g/mol. The molecule has 3 nitrogen and oxygen atoms in total. The predicted octanol–water partition coefficient (Wildman–Crippen LogP) is 5.33. The summed E-state index contributed by atoms with van der Waals surface area (Å²) in [6.07, 6.45) is 0.574. The van der Waals surface area contributed by atoms with Crippen LogP contribution in [-0.4, -0.2) is 13.0 Å². The quantitative estimate of drug-likeness (QED) is 0.520. The summed E-state index contributed by atoms with van der Waals surface area (Å²) in [7, 11) is 1.65. The van der Waals surface area contributed by atoms with Gasteiger partial charge in [0.05, 0.1) is 7.11 Å². The highest BCUT2D eigenvalue weighted by atomic mass is 16.5.